The quantitative estimate of drug-likeness (QED) is 0.923. The minimum Gasteiger partial charge on any atom is -0.305 e. The van der Waals surface area contributed by atoms with Crippen molar-refractivity contribution in [1.82, 2.24) is 20.1 Å². The number of nitrogens with zero attached hydrogens (tertiary/aromatic N) is 3. The molecule has 0 bridgehead atoms. The van der Waals surface area contributed by atoms with E-state index in [1.807, 2.05) is 17.9 Å². The number of rotatable bonds is 4. The molecule has 0 saturated carbocycles. The lowest BCUT2D eigenvalue weighted by Gasteiger charge is -2.12. The van der Waals surface area contributed by atoms with Gasteiger partial charge in [-0.1, -0.05) is 0 Å². The minimum atomic E-state index is 0.273. The Morgan fingerprint density at radius 2 is 2.11 bits per heavy atom. The topological polar surface area (TPSA) is 42.7 Å². The molecule has 0 fully saturated rings. The predicted molar refractivity (Wildman–Crippen MR) is 74.8 cm³/mol. The van der Waals surface area contributed by atoms with Crippen LogP contribution >= 0.6 is 11.3 Å². The van der Waals surface area contributed by atoms with Gasteiger partial charge < -0.3 is 5.32 Å². The van der Waals surface area contributed by atoms with Gasteiger partial charge in [0, 0.05) is 35.8 Å². The highest BCUT2D eigenvalue weighted by Crippen LogP contribution is 2.22. The number of hydrogen-bond acceptors (Lipinski definition) is 4. The van der Waals surface area contributed by atoms with Crippen molar-refractivity contribution in [3.63, 3.8) is 0 Å². The molecular weight excluding hydrogens is 244 g/mol. The Bertz CT molecular complexity index is 541. The molecule has 0 amide bonds. The van der Waals surface area contributed by atoms with Gasteiger partial charge in [-0.3, -0.25) is 4.68 Å². The van der Waals surface area contributed by atoms with Crippen LogP contribution in [0.5, 0.6) is 0 Å². The van der Waals surface area contributed by atoms with Crippen LogP contribution in [0.15, 0.2) is 6.20 Å². The van der Waals surface area contributed by atoms with E-state index >= 15 is 0 Å². The summed E-state index contributed by atoms with van der Waals surface area (Å²) in [7, 11) is 1.97. The first kappa shape index (κ1) is 13.2. The fourth-order valence-corrected chi connectivity index (χ4v) is 2.94. The molecule has 18 heavy (non-hydrogen) atoms. The van der Waals surface area contributed by atoms with Gasteiger partial charge in [0.2, 0.25) is 0 Å². The Morgan fingerprint density at radius 1 is 1.39 bits per heavy atom. The molecule has 0 saturated heterocycles. The van der Waals surface area contributed by atoms with E-state index in [2.05, 4.69) is 43.1 Å². The van der Waals surface area contributed by atoms with Crippen molar-refractivity contribution in [2.45, 2.75) is 40.3 Å². The summed E-state index contributed by atoms with van der Waals surface area (Å²) in [5.74, 6) is 0. The lowest BCUT2D eigenvalue weighted by molar-refractivity contribution is 0.559. The molecule has 0 aliphatic heterocycles. The van der Waals surface area contributed by atoms with Crippen molar-refractivity contribution in [2.24, 2.45) is 7.05 Å². The van der Waals surface area contributed by atoms with Crippen molar-refractivity contribution in [3.05, 3.63) is 33.0 Å². The Hall–Kier alpha value is -1.20. The highest BCUT2D eigenvalue weighted by molar-refractivity contribution is 7.11. The third-order valence-corrected chi connectivity index (χ3v) is 4.19. The highest BCUT2D eigenvalue weighted by Gasteiger charge is 2.13. The van der Waals surface area contributed by atoms with Gasteiger partial charge in [-0.15, -0.1) is 11.3 Å². The molecule has 2 rings (SSSR count). The molecule has 1 N–H and O–H groups in total. The number of aryl methyl sites for hydroxylation is 3. The van der Waals surface area contributed by atoms with Crippen LogP contribution in [0.4, 0.5) is 0 Å². The zero-order valence-corrected chi connectivity index (χ0v) is 12.4. The second-order valence-electron chi connectivity index (χ2n) is 4.66. The number of aromatic nitrogens is 3. The number of hydrogen-bond donors (Lipinski definition) is 1. The Balaban J connectivity index is 2.02. The molecule has 5 heteroatoms. The van der Waals surface area contributed by atoms with Gasteiger partial charge in [0.25, 0.3) is 0 Å². The molecule has 4 nitrogen and oxygen atoms in total. The first-order valence-electron chi connectivity index (χ1n) is 6.13. The highest BCUT2D eigenvalue weighted by atomic mass is 32.1. The van der Waals surface area contributed by atoms with Gasteiger partial charge in [0.05, 0.1) is 16.9 Å². The Morgan fingerprint density at radius 3 is 2.61 bits per heavy atom. The Kier molecular flexibility index (Phi) is 3.82. The van der Waals surface area contributed by atoms with Crippen LogP contribution in [0.3, 0.4) is 0 Å². The van der Waals surface area contributed by atoms with Gasteiger partial charge >= 0.3 is 0 Å². The van der Waals surface area contributed by atoms with Crippen molar-refractivity contribution < 1.29 is 0 Å². The van der Waals surface area contributed by atoms with E-state index in [1.54, 1.807) is 11.3 Å². The third kappa shape index (κ3) is 2.62. The van der Waals surface area contributed by atoms with Crippen molar-refractivity contribution in [3.8, 4) is 0 Å². The maximum Gasteiger partial charge on any atom is 0.0900 e. The standard InChI is InChI=1S/C13H20N4S/c1-8(13-10(3)18-11(4)16-13)14-6-12-7-15-17(5)9(12)2/h7-8,14H,6H2,1-5H3. The summed E-state index contributed by atoms with van der Waals surface area (Å²) in [4.78, 5) is 5.89. The summed E-state index contributed by atoms with van der Waals surface area (Å²) >= 11 is 1.76. The van der Waals surface area contributed by atoms with Crippen LogP contribution in [0, 0.1) is 20.8 Å². The van der Waals surface area contributed by atoms with E-state index in [1.165, 1.54) is 21.8 Å². The van der Waals surface area contributed by atoms with E-state index in [0.29, 0.717) is 0 Å². The molecule has 0 aliphatic carbocycles. The second-order valence-corrected chi connectivity index (χ2v) is 6.06. The number of nitrogens with one attached hydrogen (secondary N) is 1. The van der Waals surface area contributed by atoms with Gasteiger partial charge in [-0.05, 0) is 27.7 Å². The zero-order valence-electron chi connectivity index (χ0n) is 11.6. The zero-order chi connectivity index (χ0) is 13.3. The predicted octanol–water partition coefficient (Wildman–Crippen LogP) is 2.65. The van der Waals surface area contributed by atoms with E-state index in [-0.39, 0.29) is 6.04 Å². The molecule has 0 aliphatic rings. The van der Waals surface area contributed by atoms with Crippen molar-refractivity contribution in [2.75, 3.05) is 0 Å². The summed E-state index contributed by atoms with van der Waals surface area (Å²) in [6, 6.07) is 0.273. The van der Waals surface area contributed by atoms with Gasteiger partial charge in [-0.25, -0.2) is 4.98 Å². The van der Waals surface area contributed by atoms with Crippen molar-refractivity contribution in [1.29, 1.82) is 0 Å². The second kappa shape index (κ2) is 5.20. The fraction of sp³-hybridized carbons (Fsp3) is 0.538. The summed E-state index contributed by atoms with van der Waals surface area (Å²) in [6.45, 7) is 9.27. The minimum absolute atomic E-state index is 0.273. The van der Waals surface area contributed by atoms with Gasteiger partial charge in [0.15, 0.2) is 0 Å². The molecule has 2 aromatic heterocycles. The van der Waals surface area contributed by atoms with Crippen LogP contribution in [0.2, 0.25) is 0 Å². The lowest BCUT2D eigenvalue weighted by atomic mass is 10.2. The first-order chi connectivity index (χ1) is 8.49. The normalized spacial score (nSPS) is 12.9. The molecule has 0 radical (unpaired) electrons. The monoisotopic (exact) mass is 264 g/mol. The largest absolute Gasteiger partial charge is 0.305 e. The molecule has 2 heterocycles. The van der Waals surface area contributed by atoms with Crippen LogP contribution in [-0.2, 0) is 13.6 Å². The molecule has 1 unspecified atom stereocenters. The molecular formula is C13H20N4S. The van der Waals surface area contributed by atoms with E-state index in [0.717, 1.165) is 11.6 Å². The molecule has 1 atom stereocenters. The molecule has 98 valence electrons. The molecule has 0 spiro atoms. The maximum absolute atomic E-state index is 4.59. The van der Waals surface area contributed by atoms with Gasteiger partial charge in [0.1, 0.15) is 0 Å². The van der Waals surface area contributed by atoms with Crippen LogP contribution in [0.1, 0.15) is 39.8 Å². The number of thiazole rings is 1. The lowest BCUT2D eigenvalue weighted by Crippen LogP contribution is -2.19. The summed E-state index contributed by atoms with van der Waals surface area (Å²) in [5.41, 5.74) is 3.62. The van der Waals surface area contributed by atoms with E-state index < -0.39 is 0 Å². The van der Waals surface area contributed by atoms with E-state index in [9.17, 15) is 0 Å². The first-order valence-corrected chi connectivity index (χ1v) is 6.95. The third-order valence-electron chi connectivity index (χ3n) is 3.29. The molecule has 2 aromatic rings. The molecule has 0 aromatic carbocycles. The van der Waals surface area contributed by atoms with Crippen LogP contribution in [-0.4, -0.2) is 14.8 Å². The van der Waals surface area contributed by atoms with Crippen molar-refractivity contribution >= 4 is 11.3 Å². The summed E-state index contributed by atoms with van der Waals surface area (Å²) < 4.78 is 1.90. The van der Waals surface area contributed by atoms with Gasteiger partial charge in [-0.2, -0.15) is 5.10 Å². The smallest absolute Gasteiger partial charge is 0.0900 e. The van der Waals surface area contributed by atoms with E-state index in [4.69, 9.17) is 0 Å². The summed E-state index contributed by atoms with van der Waals surface area (Å²) in [5, 5.41) is 8.90. The Labute approximate surface area is 112 Å². The fourth-order valence-electron chi connectivity index (χ4n) is 2.02. The maximum atomic E-state index is 4.59. The summed E-state index contributed by atoms with van der Waals surface area (Å²) in [6.07, 6.45) is 1.92. The average Bonchev–Trinajstić information content (AvgIpc) is 2.81. The van der Waals surface area contributed by atoms with Crippen LogP contribution in [0.25, 0.3) is 0 Å². The average molecular weight is 264 g/mol. The SMILES string of the molecule is Cc1nc(C(C)NCc2cnn(C)c2C)c(C)s1. The van der Waals surface area contributed by atoms with Crippen LogP contribution < -0.4 is 5.32 Å².